The van der Waals surface area contributed by atoms with E-state index in [-0.39, 0.29) is 11.9 Å². The van der Waals surface area contributed by atoms with Crippen molar-refractivity contribution in [1.29, 1.82) is 0 Å². The molecular formula is C22H22N6O. The van der Waals surface area contributed by atoms with Crippen LogP contribution < -0.4 is 10.2 Å². The van der Waals surface area contributed by atoms with Crippen LogP contribution in [0.25, 0.3) is 22.2 Å². The maximum atomic E-state index is 12.8. The molecule has 0 radical (unpaired) electrons. The SMILES string of the molecule is Cn1nc(C(=O)NC2CCN(c3cc(-c4ccccc4)[nH]n3)C2)c2ccccc21. The highest BCUT2D eigenvalue weighted by Crippen LogP contribution is 2.24. The summed E-state index contributed by atoms with van der Waals surface area (Å²) in [5, 5.41) is 16.0. The average Bonchev–Trinajstić information content (AvgIpc) is 3.48. The van der Waals surface area contributed by atoms with Crippen molar-refractivity contribution in [3.05, 3.63) is 66.4 Å². The summed E-state index contributed by atoms with van der Waals surface area (Å²) < 4.78 is 1.75. The highest BCUT2D eigenvalue weighted by Gasteiger charge is 2.27. The van der Waals surface area contributed by atoms with E-state index in [2.05, 4.69) is 43.7 Å². The molecule has 3 heterocycles. The van der Waals surface area contributed by atoms with E-state index in [1.807, 2.05) is 49.5 Å². The van der Waals surface area contributed by atoms with Crippen molar-refractivity contribution in [2.75, 3.05) is 18.0 Å². The minimum atomic E-state index is -0.124. The molecule has 0 bridgehead atoms. The van der Waals surface area contributed by atoms with Gasteiger partial charge in [-0.3, -0.25) is 14.6 Å². The predicted octanol–water partition coefficient (Wildman–Crippen LogP) is 2.97. The number of aryl methyl sites for hydroxylation is 1. The minimum Gasteiger partial charge on any atom is -0.353 e. The summed E-state index contributed by atoms with van der Waals surface area (Å²) in [4.78, 5) is 15.0. The number of H-pyrrole nitrogens is 1. The fourth-order valence-corrected chi connectivity index (χ4v) is 3.96. The first-order valence-corrected chi connectivity index (χ1v) is 9.77. The fraction of sp³-hybridized carbons (Fsp3) is 0.227. The monoisotopic (exact) mass is 386 g/mol. The summed E-state index contributed by atoms with van der Waals surface area (Å²) in [6, 6.07) is 20.1. The summed E-state index contributed by atoms with van der Waals surface area (Å²) >= 11 is 0. The topological polar surface area (TPSA) is 78.8 Å². The first kappa shape index (κ1) is 17.5. The van der Waals surface area contributed by atoms with Gasteiger partial charge in [0.2, 0.25) is 0 Å². The van der Waals surface area contributed by atoms with Crippen molar-refractivity contribution < 1.29 is 4.79 Å². The van der Waals surface area contributed by atoms with Crippen LogP contribution in [-0.4, -0.2) is 45.0 Å². The Hall–Kier alpha value is -3.61. The van der Waals surface area contributed by atoms with Gasteiger partial charge in [0.1, 0.15) is 0 Å². The number of nitrogens with one attached hydrogen (secondary N) is 2. The van der Waals surface area contributed by atoms with Gasteiger partial charge in [0.25, 0.3) is 5.91 Å². The van der Waals surface area contributed by atoms with Crippen LogP contribution in [0, 0.1) is 0 Å². The summed E-state index contributed by atoms with van der Waals surface area (Å²) in [5.41, 5.74) is 3.54. The molecule has 0 spiro atoms. The Morgan fingerprint density at radius 2 is 1.93 bits per heavy atom. The maximum Gasteiger partial charge on any atom is 0.272 e. The first-order valence-electron chi connectivity index (χ1n) is 9.77. The molecule has 1 aliphatic rings. The molecule has 4 aromatic rings. The summed E-state index contributed by atoms with van der Waals surface area (Å²) in [7, 11) is 1.86. The van der Waals surface area contributed by atoms with Crippen LogP contribution in [0.5, 0.6) is 0 Å². The predicted molar refractivity (Wildman–Crippen MR) is 113 cm³/mol. The van der Waals surface area contributed by atoms with Crippen LogP contribution in [0.3, 0.4) is 0 Å². The number of carbonyl (C=O) groups is 1. The molecule has 0 aliphatic carbocycles. The maximum absolute atomic E-state index is 12.8. The van der Waals surface area contributed by atoms with E-state index in [0.717, 1.165) is 47.5 Å². The lowest BCUT2D eigenvalue weighted by Gasteiger charge is -2.15. The number of hydrogen-bond acceptors (Lipinski definition) is 4. The van der Waals surface area contributed by atoms with Gasteiger partial charge in [-0.15, -0.1) is 0 Å². The zero-order chi connectivity index (χ0) is 19.8. The van der Waals surface area contributed by atoms with E-state index >= 15 is 0 Å². The second kappa shape index (κ2) is 7.09. The van der Waals surface area contributed by atoms with Crippen molar-refractivity contribution in [3.63, 3.8) is 0 Å². The smallest absolute Gasteiger partial charge is 0.272 e. The number of amides is 1. The molecule has 0 saturated carbocycles. The van der Waals surface area contributed by atoms with Crippen molar-refractivity contribution >= 4 is 22.6 Å². The molecule has 2 N–H and O–H groups in total. The van der Waals surface area contributed by atoms with Crippen LogP contribution in [-0.2, 0) is 7.05 Å². The molecule has 1 saturated heterocycles. The third kappa shape index (κ3) is 3.24. The summed E-state index contributed by atoms with van der Waals surface area (Å²) in [5.74, 6) is 0.782. The number of nitrogens with zero attached hydrogens (tertiary/aromatic N) is 4. The van der Waals surface area contributed by atoms with Gasteiger partial charge in [-0.25, -0.2) is 0 Å². The number of aromatic amines is 1. The molecule has 2 aromatic heterocycles. The number of carbonyl (C=O) groups excluding carboxylic acids is 1. The van der Waals surface area contributed by atoms with Crippen molar-refractivity contribution in [1.82, 2.24) is 25.3 Å². The molecule has 7 nitrogen and oxygen atoms in total. The van der Waals surface area contributed by atoms with Gasteiger partial charge >= 0.3 is 0 Å². The van der Waals surface area contributed by atoms with Gasteiger partial charge in [-0.1, -0.05) is 48.5 Å². The van der Waals surface area contributed by atoms with Crippen molar-refractivity contribution in [3.8, 4) is 11.3 Å². The number of rotatable bonds is 4. The second-order valence-corrected chi connectivity index (χ2v) is 7.40. The van der Waals surface area contributed by atoms with Crippen molar-refractivity contribution in [2.24, 2.45) is 7.05 Å². The lowest BCUT2D eigenvalue weighted by molar-refractivity contribution is 0.0936. The van der Waals surface area contributed by atoms with Crippen LogP contribution in [0.15, 0.2) is 60.7 Å². The van der Waals surface area contributed by atoms with E-state index in [0.29, 0.717) is 5.69 Å². The molecule has 1 aliphatic heterocycles. The molecule has 2 aromatic carbocycles. The molecule has 146 valence electrons. The summed E-state index contributed by atoms with van der Waals surface area (Å²) in [6.07, 6.45) is 0.879. The Balaban J connectivity index is 1.28. The molecule has 1 amide bonds. The van der Waals surface area contributed by atoms with Gasteiger partial charge in [0.05, 0.1) is 11.2 Å². The lowest BCUT2D eigenvalue weighted by atomic mass is 10.1. The quantitative estimate of drug-likeness (QED) is 0.565. The third-order valence-electron chi connectivity index (χ3n) is 5.47. The Bertz CT molecular complexity index is 1160. The number of aromatic nitrogens is 4. The highest BCUT2D eigenvalue weighted by molar-refractivity contribution is 6.05. The van der Waals surface area contributed by atoms with Gasteiger partial charge in [0.15, 0.2) is 11.5 Å². The molecule has 1 fully saturated rings. The number of anilines is 1. The van der Waals surface area contributed by atoms with E-state index in [1.54, 1.807) is 4.68 Å². The van der Waals surface area contributed by atoms with Crippen LogP contribution in [0.2, 0.25) is 0 Å². The first-order chi connectivity index (χ1) is 14.2. The summed E-state index contributed by atoms with van der Waals surface area (Å²) in [6.45, 7) is 1.59. The lowest BCUT2D eigenvalue weighted by Crippen LogP contribution is -2.37. The van der Waals surface area contributed by atoms with E-state index in [1.165, 1.54) is 0 Å². The average molecular weight is 386 g/mol. The van der Waals surface area contributed by atoms with E-state index in [4.69, 9.17) is 0 Å². The van der Waals surface area contributed by atoms with Crippen LogP contribution >= 0.6 is 0 Å². The zero-order valence-electron chi connectivity index (χ0n) is 16.2. The van der Waals surface area contributed by atoms with Gasteiger partial charge in [-0.2, -0.15) is 10.2 Å². The van der Waals surface area contributed by atoms with Gasteiger partial charge < -0.3 is 10.2 Å². The number of hydrogen-bond donors (Lipinski definition) is 2. The third-order valence-corrected chi connectivity index (χ3v) is 5.47. The molecular weight excluding hydrogens is 364 g/mol. The minimum absolute atomic E-state index is 0.0696. The van der Waals surface area contributed by atoms with Crippen molar-refractivity contribution in [2.45, 2.75) is 12.5 Å². The van der Waals surface area contributed by atoms with Crippen LogP contribution in [0.1, 0.15) is 16.9 Å². The largest absolute Gasteiger partial charge is 0.353 e. The zero-order valence-corrected chi connectivity index (χ0v) is 16.2. The van der Waals surface area contributed by atoms with Gasteiger partial charge in [0, 0.05) is 37.6 Å². The molecule has 7 heteroatoms. The van der Waals surface area contributed by atoms with E-state index < -0.39 is 0 Å². The normalized spacial score (nSPS) is 16.4. The molecule has 29 heavy (non-hydrogen) atoms. The molecule has 1 atom stereocenters. The van der Waals surface area contributed by atoms with E-state index in [9.17, 15) is 4.79 Å². The van der Waals surface area contributed by atoms with Gasteiger partial charge in [-0.05, 0) is 18.1 Å². The highest BCUT2D eigenvalue weighted by atomic mass is 16.2. The Labute approximate surface area is 168 Å². The van der Waals surface area contributed by atoms with Crippen LogP contribution in [0.4, 0.5) is 5.82 Å². The Morgan fingerprint density at radius 1 is 1.14 bits per heavy atom. The Kier molecular flexibility index (Phi) is 4.27. The number of benzene rings is 2. The number of para-hydroxylation sites is 1. The molecule has 1 unspecified atom stereocenters. The second-order valence-electron chi connectivity index (χ2n) is 7.40. The fourth-order valence-electron chi connectivity index (χ4n) is 3.96. The standard InChI is InChI=1S/C22H22N6O/c1-27-19-10-6-5-9-17(19)21(26-27)22(29)23-16-11-12-28(14-16)20-13-18(24-25-20)15-7-3-2-4-8-15/h2-10,13,16H,11-12,14H2,1H3,(H,23,29)(H,24,25). The number of fused-ring (bicyclic) bond motifs is 1. The Morgan fingerprint density at radius 3 is 2.79 bits per heavy atom. The molecule has 5 rings (SSSR count).